The number of ether oxygens (including phenoxy) is 2. The topological polar surface area (TPSA) is 55.8 Å². The summed E-state index contributed by atoms with van der Waals surface area (Å²) in [5, 5.41) is 0. The predicted octanol–water partition coefficient (Wildman–Crippen LogP) is 1.31. The van der Waals surface area contributed by atoms with Gasteiger partial charge < -0.3 is 9.47 Å². The molecule has 1 aliphatic rings. The van der Waals surface area contributed by atoms with Crippen molar-refractivity contribution in [1.82, 2.24) is 4.90 Å². The van der Waals surface area contributed by atoms with Crippen LogP contribution in [0.4, 0.5) is 0 Å². The first-order chi connectivity index (χ1) is 8.19. The Kier molecular flexibility index (Phi) is 6.15. The highest BCUT2D eigenvalue weighted by Crippen LogP contribution is 2.14. The van der Waals surface area contributed by atoms with E-state index in [-0.39, 0.29) is 18.4 Å². The molecule has 5 heteroatoms. The molecule has 0 unspecified atom stereocenters. The molecule has 0 spiro atoms. The molecule has 0 N–H and O–H groups in total. The third-order valence-electron chi connectivity index (χ3n) is 2.67. The number of imide groups is 1. The summed E-state index contributed by atoms with van der Waals surface area (Å²) in [6, 6.07) is 0. The molecule has 1 rings (SSSR count). The Balaban J connectivity index is 2.60. The maximum Gasteiger partial charge on any atom is 0.229 e. The zero-order valence-corrected chi connectivity index (χ0v) is 10.6. The quantitative estimate of drug-likeness (QED) is 0.521. The minimum absolute atomic E-state index is 0.114. The van der Waals surface area contributed by atoms with E-state index in [2.05, 4.69) is 0 Å². The van der Waals surface area contributed by atoms with Crippen molar-refractivity contribution in [1.29, 1.82) is 0 Å². The second-order valence-corrected chi connectivity index (χ2v) is 3.95. The van der Waals surface area contributed by atoms with Gasteiger partial charge in [0, 0.05) is 26.1 Å². The Morgan fingerprint density at radius 1 is 1.06 bits per heavy atom. The molecular formula is C12H21NO4. The van der Waals surface area contributed by atoms with Crippen LogP contribution in [0.15, 0.2) is 0 Å². The maximum absolute atomic E-state index is 11.8. The van der Waals surface area contributed by atoms with Gasteiger partial charge in [-0.25, -0.2) is 0 Å². The van der Waals surface area contributed by atoms with E-state index < -0.39 is 6.29 Å². The normalized spacial score (nSPS) is 17.7. The third kappa shape index (κ3) is 4.44. The van der Waals surface area contributed by atoms with E-state index >= 15 is 0 Å². The Morgan fingerprint density at radius 2 is 1.53 bits per heavy atom. The molecule has 0 radical (unpaired) electrons. The van der Waals surface area contributed by atoms with Gasteiger partial charge in [0.05, 0.1) is 6.54 Å². The molecule has 0 aromatic carbocycles. The highest BCUT2D eigenvalue weighted by atomic mass is 16.7. The first-order valence-electron chi connectivity index (χ1n) is 6.25. The summed E-state index contributed by atoms with van der Waals surface area (Å²) in [4.78, 5) is 24.8. The van der Waals surface area contributed by atoms with Crippen LogP contribution >= 0.6 is 0 Å². The number of hydrogen-bond donors (Lipinski definition) is 0. The minimum Gasteiger partial charge on any atom is -0.351 e. The van der Waals surface area contributed by atoms with Gasteiger partial charge in [-0.05, 0) is 26.7 Å². The standard InChI is InChI=1S/C12H21NO4/c1-3-16-12(17-4-2)9-13-10(14)7-5-6-8-11(13)15/h12H,3-9H2,1-2H3. The lowest BCUT2D eigenvalue weighted by molar-refractivity contribution is -0.166. The number of carbonyl (C=O) groups is 2. The van der Waals surface area contributed by atoms with Crippen LogP contribution in [0.1, 0.15) is 39.5 Å². The first-order valence-corrected chi connectivity index (χ1v) is 6.25. The predicted molar refractivity (Wildman–Crippen MR) is 62.2 cm³/mol. The van der Waals surface area contributed by atoms with Crippen molar-refractivity contribution in [2.75, 3.05) is 19.8 Å². The van der Waals surface area contributed by atoms with Gasteiger partial charge in [-0.1, -0.05) is 0 Å². The molecule has 1 heterocycles. The fraction of sp³-hybridized carbons (Fsp3) is 0.833. The molecule has 98 valence electrons. The monoisotopic (exact) mass is 243 g/mol. The van der Waals surface area contributed by atoms with Crippen LogP contribution in [0.3, 0.4) is 0 Å². The summed E-state index contributed by atoms with van der Waals surface area (Å²) in [5.74, 6) is -0.228. The van der Waals surface area contributed by atoms with Crippen LogP contribution in [0.2, 0.25) is 0 Å². The third-order valence-corrected chi connectivity index (χ3v) is 2.67. The molecule has 0 aromatic rings. The number of rotatable bonds is 6. The molecular weight excluding hydrogens is 222 g/mol. The van der Waals surface area contributed by atoms with Crippen LogP contribution in [-0.4, -0.2) is 42.8 Å². The number of amides is 2. The largest absolute Gasteiger partial charge is 0.351 e. The molecule has 5 nitrogen and oxygen atoms in total. The fourth-order valence-electron chi connectivity index (χ4n) is 1.84. The van der Waals surface area contributed by atoms with Crippen molar-refractivity contribution in [3.8, 4) is 0 Å². The number of nitrogens with zero attached hydrogens (tertiary/aromatic N) is 1. The van der Waals surface area contributed by atoms with Crippen molar-refractivity contribution in [2.24, 2.45) is 0 Å². The van der Waals surface area contributed by atoms with Gasteiger partial charge in [-0.2, -0.15) is 0 Å². The van der Waals surface area contributed by atoms with Crippen molar-refractivity contribution in [3.63, 3.8) is 0 Å². The van der Waals surface area contributed by atoms with Gasteiger partial charge in [0.2, 0.25) is 11.8 Å². The molecule has 0 aromatic heterocycles. The zero-order chi connectivity index (χ0) is 12.7. The molecule has 0 bridgehead atoms. The fourth-order valence-corrected chi connectivity index (χ4v) is 1.84. The van der Waals surface area contributed by atoms with E-state index in [1.165, 1.54) is 4.90 Å². The molecule has 1 saturated heterocycles. The van der Waals surface area contributed by atoms with Gasteiger partial charge >= 0.3 is 0 Å². The first kappa shape index (κ1) is 14.1. The maximum atomic E-state index is 11.8. The molecule has 0 saturated carbocycles. The van der Waals surface area contributed by atoms with E-state index in [0.717, 1.165) is 12.8 Å². The summed E-state index contributed by atoms with van der Waals surface area (Å²) in [7, 11) is 0. The number of likely N-dealkylation sites (tertiary alicyclic amines) is 1. The van der Waals surface area contributed by atoms with Crippen LogP contribution in [0.5, 0.6) is 0 Å². The van der Waals surface area contributed by atoms with Gasteiger partial charge in [-0.15, -0.1) is 0 Å². The minimum atomic E-state index is -0.504. The second-order valence-electron chi connectivity index (χ2n) is 3.95. The number of carbonyl (C=O) groups excluding carboxylic acids is 2. The molecule has 2 amide bonds. The Hall–Kier alpha value is -0.940. The Labute approximate surface area is 102 Å². The molecule has 17 heavy (non-hydrogen) atoms. The smallest absolute Gasteiger partial charge is 0.229 e. The summed E-state index contributed by atoms with van der Waals surface area (Å²) in [5.41, 5.74) is 0. The average Bonchev–Trinajstić information content (AvgIpc) is 2.45. The number of hydrogen-bond acceptors (Lipinski definition) is 4. The highest BCUT2D eigenvalue weighted by molar-refractivity contribution is 5.96. The Bertz CT molecular complexity index is 243. The van der Waals surface area contributed by atoms with Crippen molar-refractivity contribution in [3.05, 3.63) is 0 Å². The van der Waals surface area contributed by atoms with Crippen molar-refractivity contribution < 1.29 is 19.1 Å². The average molecular weight is 243 g/mol. The molecule has 0 aliphatic carbocycles. The van der Waals surface area contributed by atoms with E-state index in [1.54, 1.807) is 0 Å². The molecule has 1 aliphatic heterocycles. The lowest BCUT2D eigenvalue weighted by Crippen LogP contribution is -2.42. The van der Waals surface area contributed by atoms with Crippen molar-refractivity contribution >= 4 is 11.8 Å². The summed E-state index contributed by atoms with van der Waals surface area (Å²) < 4.78 is 10.7. The van der Waals surface area contributed by atoms with Crippen LogP contribution < -0.4 is 0 Å². The van der Waals surface area contributed by atoms with E-state index in [0.29, 0.717) is 26.1 Å². The SMILES string of the molecule is CCOC(CN1C(=O)CCCCC1=O)OCC. The molecule has 0 atom stereocenters. The van der Waals surface area contributed by atoms with Crippen LogP contribution in [0, 0.1) is 0 Å². The van der Waals surface area contributed by atoms with E-state index in [1.807, 2.05) is 13.8 Å². The van der Waals surface area contributed by atoms with E-state index in [9.17, 15) is 9.59 Å². The van der Waals surface area contributed by atoms with Gasteiger partial charge in [-0.3, -0.25) is 14.5 Å². The van der Waals surface area contributed by atoms with Crippen LogP contribution in [-0.2, 0) is 19.1 Å². The highest BCUT2D eigenvalue weighted by Gasteiger charge is 2.27. The summed E-state index contributed by atoms with van der Waals surface area (Å²) in [6.07, 6.45) is 1.95. The summed E-state index contributed by atoms with van der Waals surface area (Å²) in [6.45, 7) is 4.93. The van der Waals surface area contributed by atoms with Gasteiger partial charge in [0.1, 0.15) is 0 Å². The molecule has 1 fully saturated rings. The van der Waals surface area contributed by atoms with Gasteiger partial charge in [0.15, 0.2) is 6.29 Å². The lowest BCUT2D eigenvalue weighted by Gasteiger charge is -2.24. The van der Waals surface area contributed by atoms with Gasteiger partial charge in [0.25, 0.3) is 0 Å². The Morgan fingerprint density at radius 3 is 1.94 bits per heavy atom. The van der Waals surface area contributed by atoms with E-state index in [4.69, 9.17) is 9.47 Å². The van der Waals surface area contributed by atoms with Crippen molar-refractivity contribution in [2.45, 2.75) is 45.8 Å². The second kappa shape index (κ2) is 7.40. The van der Waals surface area contributed by atoms with Crippen LogP contribution in [0.25, 0.3) is 0 Å². The zero-order valence-electron chi connectivity index (χ0n) is 10.6. The summed E-state index contributed by atoms with van der Waals surface area (Å²) >= 11 is 0. The lowest BCUT2D eigenvalue weighted by atomic mass is 10.2.